The first kappa shape index (κ1) is 14.3. The molecule has 1 aromatic heterocycles. The summed E-state index contributed by atoms with van der Waals surface area (Å²) in [5.74, 6) is 3.29. The first-order valence-corrected chi connectivity index (χ1v) is 6.23. The number of imidazole rings is 1. The van der Waals surface area contributed by atoms with Gasteiger partial charge in [-0.25, -0.2) is 9.78 Å². The fourth-order valence-corrected chi connectivity index (χ4v) is 1.66. The smallest absolute Gasteiger partial charge is 0.326 e. The molecular weight excluding hydrogens is 270 g/mol. The Bertz CT molecular complexity index is 669. The molecule has 106 valence electrons. The van der Waals surface area contributed by atoms with Crippen LogP contribution >= 0.6 is 0 Å². The summed E-state index contributed by atoms with van der Waals surface area (Å²) in [5.41, 5.74) is 1.31. The Balaban J connectivity index is 1.99. The molecule has 1 amide bonds. The van der Waals surface area contributed by atoms with Crippen molar-refractivity contribution in [2.75, 3.05) is 0 Å². The average molecular weight is 283 g/mol. The number of benzene rings is 1. The molecule has 0 aliphatic carbocycles. The van der Waals surface area contributed by atoms with E-state index < -0.39 is 17.9 Å². The lowest BCUT2D eigenvalue weighted by Gasteiger charge is -2.10. The van der Waals surface area contributed by atoms with Gasteiger partial charge < -0.3 is 15.4 Å². The zero-order chi connectivity index (χ0) is 15.1. The van der Waals surface area contributed by atoms with Crippen LogP contribution < -0.4 is 5.32 Å². The Labute approximate surface area is 121 Å². The maximum atomic E-state index is 11.7. The van der Waals surface area contributed by atoms with Crippen LogP contribution in [0.1, 0.15) is 11.3 Å². The summed E-state index contributed by atoms with van der Waals surface area (Å²) >= 11 is 0. The molecule has 2 aromatic rings. The number of H-pyrrole nitrogens is 1. The Hall–Kier alpha value is -3.07. The highest BCUT2D eigenvalue weighted by Crippen LogP contribution is 1.99. The second-order valence-corrected chi connectivity index (χ2v) is 4.26. The van der Waals surface area contributed by atoms with E-state index in [0.717, 1.165) is 0 Å². The number of aliphatic carboxylic acids is 1. The van der Waals surface area contributed by atoms with Crippen molar-refractivity contribution >= 4 is 11.9 Å². The highest BCUT2D eigenvalue weighted by Gasteiger charge is 2.20. The third kappa shape index (κ3) is 4.51. The molecule has 0 saturated carbocycles. The maximum Gasteiger partial charge on any atom is 0.326 e. The molecule has 0 saturated heterocycles. The van der Waals surface area contributed by atoms with E-state index in [1.807, 2.05) is 6.07 Å². The molecule has 0 fully saturated rings. The van der Waals surface area contributed by atoms with Crippen LogP contribution in [0.4, 0.5) is 0 Å². The lowest BCUT2D eigenvalue weighted by Crippen LogP contribution is -2.41. The zero-order valence-corrected chi connectivity index (χ0v) is 11.0. The molecule has 1 heterocycles. The molecule has 21 heavy (non-hydrogen) atoms. The van der Waals surface area contributed by atoms with Crippen LogP contribution in [0, 0.1) is 11.8 Å². The Morgan fingerprint density at radius 2 is 2.10 bits per heavy atom. The Kier molecular flexibility index (Phi) is 4.72. The van der Waals surface area contributed by atoms with Crippen molar-refractivity contribution in [3.8, 4) is 11.8 Å². The van der Waals surface area contributed by atoms with E-state index in [1.54, 1.807) is 24.3 Å². The summed E-state index contributed by atoms with van der Waals surface area (Å²) in [5, 5.41) is 11.5. The molecule has 0 spiro atoms. The Morgan fingerprint density at radius 3 is 2.71 bits per heavy atom. The number of carbonyl (C=O) groups excluding carboxylic acids is 1. The quantitative estimate of drug-likeness (QED) is 0.715. The summed E-state index contributed by atoms with van der Waals surface area (Å²) in [6.07, 6.45) is 3.08. The number of hydrogen-bond acceptors (Lipinski definition) is 3. The fraction of sp³-hybridized carbons (Fsp3) is 0.133. The normalized spacial score (nSPS) is 11.0. The van der Waals surface area contributed by atoms with Crippen molar-refractivity contribution in [3.05, 3.63) is 54.1 Å². The third-order valence-corrected chi connectivity index (χ3v) is 2.68. The van der Waals surface area contributed by atoms with Crippen molar-refractivity contribution in [2.45, 2.75) is 12.5 Å². The predicted molar refractivity (Wildman–Crippen MR) is 75.2 cm³/mol. The highest BCUT2D eigenvalue weighted by molar-refractivity contribution is 5.96. The number of aromatic nitrogens is 2. The van der Waals surface area contributed by atoms with Crippen molar-refractivity contribution in [3.63, 3.8) is 0 Å². The molecule has 2 rings (SSSR count). The van der Waals surface area contributed by atoms with Crippen LogP contribution in [0.3, 0.4) is 0 Å². The van der Waals surface area contributed by atoms with Crippen LogP contribution in [0.2, 0.25) is 0 Å². The minimum Gasteiger partial charge on any atom is -0.480 e. The van der Waals surface area contributed by atoms with Crippen LogP contribution in [-0.4, -0.2) is 33.0 Å². The minimum absolute atomic E-state index is 0.119. The average Bonchev–Trinajstić information content (AvgIpc) is 2.98. The van der Waals surface area contributed by atoms with Gasteiger partial charge in [-0.15, -0.1) is 0 Å². The highest BCUT2D eigenvalue weighted by atomic mass is 16.4. The largest absolute Gasteiger partial charge is 0.480 e. The SMILES string of the molecule is O=C(C#Cc1ccccc1)NC(Cc1cnc[nH]1)C(=O)O. The van der Waals surface area contributed by atoms with Crippen molar-refractivity contribution in [2.24, 2.45) is 0 Å². The van der Waals surface area contributed by atoms with Gasteiger partial charge >= 0.3 is 5.97 Å². The van der Waals surface area contributed by atoms with Gasteiger partial charge in [0.05, 0.1) is 6.33 Å². The number of carboxylic acid groups (broad SMARTS) is 1. The van der Waals surface area contributed by atoms with Crippen LogP contribution in [0.15, 0.2) is 42.9 Å². The van der Waals surface area contributed by atoms with Crippen molar-refractivity contribution in [1.82, 2.24) is 15.3 Å². The van der Waals surface area contributed by atoms with E-state index in [4.69, 9.17) is 5.11 Å². The summed E-state index contributed by atoms with van der Waals surface area (Å²) in [4.78, 5) is 29.4. The van der Waals surface area contributed by atoms with E-state index in [1.165, 1.54) is 12.5 Å². The summed E-state index contributed by atoms with van der Waals surface area (Å²) < 4.78 is 0. The lowest BCUT2D eigenvalue weighted by molar-refractivity contribution is -0.141. The van der Waals surface area contributed by atoms with E-state index in [9.17, 15) is 9.59 Å². The topological polar surface area (TPSA) is 95.1 Å². The number of hydrogen-bond donors (Lipinski definition) is 3. The monoisotopic (exact) mass is 283 g/mol. The molecule has 1 aromatic carbocycles. The summed E-state index contributed by atoms with van der Waals surface area (Å²) in [6.45, 7) is 0. The third-order valence-electron chi connectivity index (χ3n) is 2.68. The number of amides is 1. The van der Waals surface area contributed by atoms with Crippen LogP contribution in [0.5, 0.6) is 0 Å². The second kappa shape index (κ2) is 6.91. The number of carbonyl (C=O) groups is 2. The van der Waals surface area contributed by atoms with Gasteiger partial charge in [0.1, 0.15) is 6.04 Å². The number of carboxylic acids is 1. The molecule has 1 atom stereocenters. The number of aromatic amines is 1. The molecule has 0 aliphatic heterocycles. The van der Waals surface area contributed by atoms with Gasteiger partial charge in [-0.1, -0.05) is 24.1 Å². The van der Waals surface area contributed by atoms with Gasteiger partial charge in [-0.3, -0.25) is 4.79 Å². The van der Waals surface area contributed by atoms with Crippen molar-refractivity contribution < 1.29 is 14.7 Å². The number of rotatable bonds is 4. The molecule has 0 bridgehead atoms. The number of nitrogens with zero attached hydrogens (tertiary/aromatic N) is 1. The molecule has 0 aliphatic rings. The van der Waals surface area contributed by atoms with Gasteiger partial charge in [-0.2, -0.15) is 0 Å². The predicted octanol–water partition coefficient (Wildman–Crippen LogP) is 0.573. The van der Waals surface area contributed by atoms with Gasteiger partial charge in [0.25, 0.3) is 5.91 Å². The van der Waals surface area contributed by atoms with Crippen molar-refractivity contribution in [1.29, 1.82) is 0 Å². The maximum absolute atomic E-state index is 11.7. The molecule has 3 N–H and O–H groups in total. The molecule has 0 radical (unpaired) electrons. The molecule has 1 unspecified atom stereocenters. The van der Waals surface area contributed by atoms with E-state index in [-0.39, 0.29) is 6.42 Å². The summed E-state index contributed by atoms with van der Waals surface area (Å²) in [6, 6.07) is 7.93. The standard InChI is InChI=1S/C15H13N3O3/c19-14(7-6-11-4-2-1-3-5-11)18-13(15(20)21)8-12-9-16-10-17-12/h1-5,9-10,13H,8H2,(H,16,17)(H,18,19)(H,20,21). The lowest BCUT2D eigenvalue weighted by atomic mass is 10.1. The van der Waals surface area contributed by atoms with E-state index in [0.29, 0.717) is 11.3 Å². The molecule has 6 heteroatoms. The van der Waals surface area contributed by atoms with Gasteiger partial charge in [0, 0.05) is 29.8 Å². The first-order valence-electron chi connectivity index (χ1n) is 6.23. The fourth-order valence-electron chi connectivity index (χ4n) is 1.66. The first-order chi connectivity index (χ1) is 10.1. The zero-order valence-electron chi connectivity index (χ0n) is 11.0. The molecule has 6 nitrogen and oxygen atoms in total. The molecular formula is C15H13N3O3. The second-order valence-electron chi connectivity index (χ2n) is 4.26. The minimum atomic E-state index is -1.13. The van der Waals surface area contributed by atoms with Gasteiger partial charge in [0.15, 0.2) is 0 Å². The van der Waals surface area contributed by atoms with E-state index >= 15 is 0 Å². The van der Waals surface area contributed by atoms with Gasteiger partial charge in [0.2, 0.25) is 0 Å². The Morgan fingerprint density at radius 1 is 1.33 bits per heavy atom. The number of nitrogens with one attached hydrogen (secondary N) is 2. The van der Waals surface area contributed by atoms with E-state index in [2.05, 4.69) is 27.1 Å². The van der Waals surface area contributed by atoms with Crippen LogP contribution in [-0.2, 0) is 16.0 Å². The van der Waals surface area contributed by atoms with Gasteiger partial charge in [-0.05, 0) is 12.1 Å². The van der Waals surface area contributed by atoms with Crippen LogP contribution in [0.25, 0.3) is 0 Å². The summed E-state index contributed by atoms with van der Waals surface area (Å²) in [7, 11) is 0.